The van der Waals surface area contributed by atoms with E-state index < -0.39 is 12.1 Å². The second-order valence-electron chi connectivity index (χ2n) is 3.24. The predicted molar refractivity (Wildman–Crippen MR) is 46.4 cm³/mol. The zero-order valence-corrected chi connectivity index (χ0v) is 8.06. The van der Waals surface area contributed by atoms with Crippen LogP contribution in [0.15, 0.2) is 0 Å². The highest BCUT2D eigenvalue weighted by atomic mass is 19.4. The molecular formula is C8H17F3N2. The number of nitrogens with two attached hydrogens (primary N) is 1. The Morgan fingerprint density at radius 3 is 2.23 bits per heavy atom. The lowest BCUT2D eigenvalue weighted by Crippen LogP contribution is -2.39. The number of rotatable bonds is 5. The van der Waals surface area contributed by atoms with Crippen molar-refractivity contribution in [2.24, 2.45) is 11.7 Å². The molecule has 0 heterocycles. The van der Waals surface area contributed by atoms with Crippen molar-refractivity contribution in [2.45, 2.75) is 19.5 Å². The summed E-state index contributed by atoms with van der Waals surface area (Å²) in [5.74, 6) is -1.40. The smallest absolute Gasteiger partial charge is 0.330 e. The van der Waals surface area contributed by atoms with Crippen molar-refractivity contribution < 1.29 is 13.2 Å². The molecule has 2 nitrogen and oxygen atoms in total. The van der Waals surface area contributed by atoms with Gasteiger partial charge in [-0.05, 0) is 20.0 Å². The molecule has 5 heteroatoms. The van der Waals surface area contributed by atoms with Crippen molar-refractivity contribution in [1.29, 1.82) is 0 Å². The Labute approximate surface area is 76.9 Å². The average molecular weight is 198 g/mol. The lowest BCUT2D eigenvalue weighted by molar-refractivity contribution is -0.175. The second-order valence-corrected chi connectivity index (χ2v) is 3.24. The van der Waals surface area contributed by atoms with E-state index in [1.54, 1.807) is 11.9 Å². The van der Waals surface area contributed by atoms with Crippen molar-refractivity contribution in [1.82, 2.24) is 4.90 Å². The summed E-state index contributed by atoms with van der Waals surface area (Å²) in [7, 11) is 1.68. The van der Waals surface area contributed by atoms with Crippen LogP contribution in [0.1, 0.15) is 13.3 Å². The van der Waals surface area contributed by atoms with Gasteiger partial charge >= 0.3 is 6.18 Å². The number of nitrogens with zero attached hydrogens (tertiary/aromatic N) is 1. The molecule has 0 fully saturated rings. The van der Waals surface area contributed by atoms with E-state index in [0.29, 0.717) is 6.54 Å². The minimum Gasteiger partial charge on any atom is -0.330 e. The average Bonchev–Trinajstić information content (AvgIpc) is 1.98. The number of halogens is 3. The summed E-state index contributed by atoms with van der Waals surface area (Å²) in [6, 6.07) is 0. The first-order valence-electron chi connectivity index (χ1n) is 4.37. The van der Waals surface area contributed by atoms with Gasteiger partial charge < -0.3 is 10.6 Å². The largest absolute Gasteiger partial charge is 0.394 e. The van der Waals surface area contributed by atoms with Crippen molar-refractivity contribution in [3.63, 3.8) is 0 Å². The van der Waals surface area contributed by atoms with Crippen LogP contribution in [0, 0.1) is 5.92 Å². The van der Waals surface area contributed by atoms with E-state index in [0.717, 1.165) is 6.42 Å². The number of hydrogen-bond acceptors (Lipinski definition) is 2. The van der Waals surface area contributed by atoms with Gasteiger partial charge in [-0.3, -0.25) is 0 Å². The minimum atomic E-state index is -4.17. The number of hydrogen-bond donors (Lipinski definition) is 1. The van der Waals surface area contributed by atoms with Gasteiger partial charge in [0, 0.05) is 13.1 Å². The third kappa shape index (κ3) is 5.10. The van der Waals surface area contributed by atoms with E-state index in [2.05, 4.69) is 0 Å². The lowest BCUT2D eigenvalue weighted by atomic mass is 10.1. The van der Waals surface area contributed by atoms with E-state index in [1.165, 1.54) is 0 Å². The highest BCUT2D eigenvalue weighted by Gasteiger charge is 2.38. The Kier molecular flexibility index (Phi) is 5.32. The van der Waals surface area contributed by atoms with Crippen molar-refractivity contribution >= 4 is 0 Å². The summed E-state index contributed by atoms with van der Waals surface area (Å²) < 4.78 is 36.6. The summed E-state index contributed by atoms with van der Waals surface area (Å²) in [5.41, 5.74) is 5.06. The fourth-order valence-electron chi connectivity index (χ4n) is 1.16. The summed E-state index contributed by atoms with van der Waals surface area (Å²) in [5, 5.41) is 0. The van der Waals surface area contributed by atoms with Gasteiger partial charge in [-0.25, -0.2) is 0 Å². The molecule has 0 aliphatic rings. The first kappa shape index (κ1) is 12.7. The van der Waals surface area contributed by atoms with E-state index in [1.807, 2.05) is 6.92 Å². The summed E-state index contributed by atoms with van der Waals surface area (Å²) >= 11 is 0. The molecule has 2 N–H and O–H groups in total. The van der Waals surface area contributed by atoms with E-state index in [-0.39, 0.29) is 13.1 Å². The standard InChI is InChI=1S/C8H17F3N2/c1-3-4-13(2)6-7(5-12)8(9,10)11/h7H,3-6,12H2,1-2H3. The molecule has 0 radical (unpaired) electrons. The molecule has 0 aliphatic heterocycles. The van der Waals surface area contributed by atoms with Crippen molar-refractivity contribution in [3.05, 3.63) is 0 Å². The molecule has 13 heavy (non-hydrogen) atoms. The van der Waals surface area contributed by atoms with Gasteiger partial charge in [0.2, 0.25) is 0 Å². The molecule has 0 rings (SSSR count). The Balaban J connectivity index is 3.98. The molecule has 80 valence electrons. The highest BCUT2D eigenvalue weighted by Crippen LogP contribution is 2.25. The molecule has 0 aliphatic carbocycles. The maximum absolute atomic E-state index is 12.2. The van der Waals surface area contributed by atoms with Crippen LogP contribution in [0.3, 0.4) is 0 Å². The van der Waals surface area contributed by atoms with Gasteiger partial charge in [-0.2, -0.15) is 13.2 Å². The topological polar surface area (TPSA) is 29.3 Å². The van der Waals surface area contributed by atoms with Crippen LogP contribution in [0.25, 0.3) is 0 Å². The van der Waals surface area contributed by atoms with Crippen LogP contribution in [-0.2, 0) is 0 Å². The zero-order valence-electron chi connectivity index (χ0n) is 8.06. The summed E-state index contributed by atoms with van der Waals surface area (Å²) in [6.45, 7) is 2.26. The van der Waals surface area contributed by atoms with Crippen molar-refractivity contribution in [3.8, 4) is 0 Å². The van der Waals surface area contributed by atoms with E-state index in [4.69, 9.17) is 5.73 Å². The molecule has 0 spiro atoms. The predicted octanol–water partition coefficient (Wildman–Crippen LogP) is 1.47. The van der Waals surface area contributed by atoms with Gasteiger partial charge in [0.05, 0.1) is 5.92 Å². The quantitative estimate of drug-likeness (QED) is 0.724. The molecule has 1 unspecified atom stereocenters. The molecule has 0 aromatic rings. The Morgan fingerprint density at radius 1 is 1.38 bits per heavy atom. The van der Waals surface area contributed by atoms with E-state index >= 15 is 0 Å². The second kappa shape index (κ2) is 5.44. The molecule has 0 aromatic carbocycles. The molecule has 0 saturated carbocycles. The molecular weight excluding hydrogens is 181 g/mol. The monoisotopic (exact) mass is 198 g/mol. The molecule has 0 bridgehead atoms. The van der Waals surface area contributed by atoms with Crippen molar-refractivity contribution in [2.75, 3.05) is 26.7 Å². The fraction of sp³-hybridized carbons (Fsp3) is 1.00. The first-order chi connectivity index (χ1) is 5.91. The Hall–Kier alpha value is -0.290. The number of alkyl halides is 3. The highest BCUT2D eigenvalue weighted by molar-refractivity contribution is 4.71. The molecule has 0 amide bonds. The van der Waals surface area contributed by atoms with Gasteiger partial charge in [-0.15, -0.1) is 0 Å². The summed E-state index contributed by atoms with van der Waals surface area (Å²) in [4.78, 5) is 1.66. The normalized spacial score (nSPS) is 15.0. The van der Waals surface area contributed by atoms with Crippen LogP contribution in [0.2, 0.25) is 0 Å². The molecule has 0 aromatic heterocycles. The fourth-order valence-corrected chi connectivity index (χ4v) is 1.16. The Bertz CT molecular complexity index is 136. The van der Waals surface area contributed by atoms with E-state index in [9.17, 15) is 13.2 Å². The van der Waals surface area contributed by atoms with Gasteiger partial charge in [0.1, 0.15) is 0 Å². The van der Waals surface area contributed by atoms with Gasteiger partial charge in [0.25, 0.3) is 0 Å². The first-order valence-corrected chi connectivity index (χ1v) is 4.37. The van der Waals surface area contributed by atoms with Gasteiger partial charge in [-0.1, -0.05) is 6.92 Å². The maximum atomic E-state index is 12.2. The molecule has 0 saturated heterocycles. The zero-order chi connectivity index (χ0) is 10.5. The minimum absolute atomic E-state index is 0.00611. The lowest BCUT2D eigenvalue weighted by Gasteiger charge is -2.24. The SMILES string of the molecule is CCCN(C)CC(CN)C(F)(F)F. The Morgan fingerprint density at radius 2 is 1.92 bits per heavy atom. The third-order valence-electron chi connectivity index (χ3n) is 1.88. The third-order valence-corrected chi connectivity index (χ3v) is 1.88. The van der Waals surface area contributed by atoms with Crippen LogP contribution >= 0.6 is 0 Å². The van der Waals surface area contributed by atoms with Crippen LogP contribution in [0.4, 0.5) is 13.2 Å². The molecule has 1 atom stereocenters. The summed E-state index contributed by atoms with van der Waals surface area (Å²) in [6.07, 6.45) is -3.32. The van der Waals surface area contributed by atoms with Crippen LogP contribution in [-0.4, -0.2) is 37.8 Å². The van der Waals surface area contributed by atoms with Crippen LogP contribution in [0.5, 0.6) is 0 Å². The van der Waals surface area contributed by atoms with Gasteiger partial charge in [0.15, 0.2) is 0 Å². The van der Waals surface area contributed by atoms with Crippen LogP contribution < -0.4 is 5.73 Å². The maximum Gasteiger partial charge on any atom is 0.394 e.